The Hall–Kier alpha value is -3.19. The fourth-order valence-electron chi connectivity index (χ4n) is 4.24. The van der Waals surface area contributed by atoms with Gasteiger partial charge in [-0.3, -0.25) is 9.69 Å². The average Bonchev–Trinajstić information content (AvgIpc) is 3.51. The zero-order chi connectivity index (χ0) is 25.8. The monoisotopic (exact) mass is 479 g/mol. The van der Waals surface area contributed by atoms with E-state index in [1.54, 1.807) is 12.1 Å². The summed E-state index contributed by atoms with van der Waals surface area (Å²) in [7, 11) is 4.09. The molecule has 0 spiro atoms. The number of aromatic nitrogens is 2. The number of carbonyl (C=O) groups excluding carboxylic acids is 2. The molecule has 0 amide bonds. The first-order valence-corrected chi connectivity index (χ1v) is 12.7. The lowest BCUT2D eigenvalue weighted by atomic mass is 10.0. The third kappa shape index (κ3) is 7.15. The number of likely N-dealkylation sites (tertiary alicyclic amines) is 1. The Morgan fingerprint density at radius 3 is 2.29 bits per heavy atom. The number of H-pyrrole nitrogens is 1. The van der Waals surface area contributed by atoms with Crippen LogP contribution in [-0.4, -0.2) is 61.2 Å². The molecule has 2 aliphatic rings. The summed E-state index contributed by atoms with van der Waals surface area (Å²) in [5.41, 5.74) is 4.24. The minimum Gasteiger partial charge on any atom is -0.373 e. The van der Waals surface area contributed by atoms with Crippen LogP contribution in [0.15, 0.2) is 42.6 Å². The maximum absolute atomic E-state index is 10.4. The van der Waals surface area contributed by atoms with E-state index in [2.05, 4.69) is 44.3 Å². The number of aromatic amines is 1. The van der Waals surface area contributed by atoms with Crippen LogP contribution in [0.25, 0.3) is 10.9 Å². The zero-order valence-corrected chi connectivity index (χ0v) is 22.0. The summed E-state index contributed by atoms with van der Waals surface area (Å²) < 4.78 is 0. The first-order valence-electron chi connectivity index (χ1n) is 12.7. The predicted octanol–water partition coefficient (Wildman–Crippen LogP) is 5.56. The molecule has 1 aromatic carbocycles. The molecule has 1 unspecified atom stereocenters. The molecule has 4 heterocycles. The van der Waals surface area contributed by atoms with Gasteiger partial charge in [-0.2, -0.15) is 0 Å². The first kappa shape index (κ1) is 28.1. The van der Waals surface area contributed by atoms with Crippen LogP contribution >= 0.6 is 0 Å². The molecule has 2 aromatic heterocycles. The van der Waals surface area contributed by atoms with E-state index >= 15 is 0 Å². The summed E-state index contributed by atoms with van der Waals surface area (Å²) in [5, 5.41) is 4.26. The minimum atomic E-state index is 0.181. The van der Waals surface area contributed by atoms with Crippen LogP contribution in [0.4, 0.5) is 11.5 Å². The van der Waals surface area contributed by atoms with Crippen molar-refractivity contribution in [1.29, 1.82) is 0 Å². The van der Waals surface area contributed by atoms with Crippen molar-refractivity contribution in [1.82, 2.24) is 14.9 Å². The Bertz CT molecular complexity index is 1040. The molecule has 5 rings (SSSR count). The van der Waals surface area contributed by atoms with Gasteiger partial charge in [0.15, 0.2) is 0 Å². The molecular formula is C28H41N5O2. The van der Waals surface area contributed by atoms with Crippen molar-refractivity contribution in [3.63, 3.8) is 0 Å². The molecule has 2 aliphatic heterocycles. The fraction of sp³-hybridized carbons (Fsp3) is 0.464. The van der Waals surface area contributed by atoms with Crippen molar-refractivity contribution in [3.05, 3.63) is 53.9 Å². The van der Waals surface area contributed by atoms with Gasteiger partial charge in [0.25, 0.3) is 0 Å². The van der Waals surface area contributed by atoms with Crippen molar-refractivity contribution in [2.24, 2.45) is 5.92 Å². The molecule has 0 bridgehead atoms. The fourth-order valence-corrected chi connectivity index (χ4v) is 4.24. The highest BCUT2D eigenvalue weighted by Gasteiger charge is 2.26. The van der Waals surface area contributed by atoms with Crippen molar-refractivity contribution in [2.45, 2.75) is 46.6 Å². The van der Waals surface area contributed by atoms with Crippen LogP contribution in [0.5, 0.6) is 0 Å². The molecule has 35 heavy (non-hydrogen) atoms. The molecule has 2 N–H and O–H groups in total. The summed E-state index contributed by atoms with van der Waals surface area (Å²) >= 11 is 0. The molecule has 7 heteroatoms. The van der Waals surface area contributed by atoms with E-state index in [9.17, 15) is 9.59 Å². The maximum atomic E-state index is 10.4. The molecule has 7 nitrogen and oxygen atoms in total. The summed E-state index contributed by atoms with van der Waals surface area (Å²) in [6.45, 7) is 10.8. The SMILES string of the molecule is CC.CC.CNc1cc2[nH]c(C3CCCN3C)cc2cn1.O=Cc1ccc(N2CC(C=O)C2)cc1. The Morgan fingerprint density at radius 2 is 1.74 bits per heavy atom. The number of aldehydes is 2. The lowest BCUT2D eigenvalue weighted by molar-refractivity contribution is -0.111. The summed E-state index contributed by atoms with van der Waals surface area (Å²) in [5.74, 6) is 1.09. The van der Waals surface area contributed by atoms with Crippen LogP contribution in [0.1, 0.15) is 62.6 Å². The molecular weight excluding hydrogens is 438 g/mol. The molecule has 1 atom stereocenters. The zero-order valence-electron chi connectivity index (χ0n) is 22.0. The topological polar surface area (TPSA) is 81.3 Å². The maximum Gasteiger partial charge on any atom is 0.150 e. The molecule has 3 aromatic rings. The van der Waals surface area contributed by atoms with Gasteiger partial charge in [-0.25, -0.2) is 4.98 Å². The Labute approximate surface area is 209 Å². The number of carbonyl (C=O) groups is 2. The third-order valence-electron chi connectivity index (χ3n) is 6.16. The van der Waals surface area contributed by atoms with Gasteiger partial charge >= 0.3 is 0 Å². The van der Waals surface area contributed by atoms with Gasteiger partial charge in [0, 0.05) is 66.7 Å². The van der Waals surface area contributed by atoms with Gasteiger partial charge in [-0.05, 0) is 56.8 Å². The van der Waals surface area contributed by atoms with Gasteiger partial charge in [-0.1, -0.05) is 27.7 Å². The van der Waals surface area contributed by atoms with Crippen LogP contribution < -0.4 is 10.2 Å². The second-order valence-corrected chi connectivity index (χ2v) is 8.28. The number of fused-ring (bicyclic) bond motifs is 1. The number of nitrogens with one attached hydrogen (secondary N) is 2. The van der Waals surface area contributed by atoms with E-state index in [4.69, 9.17) is 0 Å². The Morgan fingerprint density at radius 1 is 1.06 bits per heavy atom. The molecule has 0 radical (unpaired) electrons. The minimum absolute atomic E-state index is 0.181. The summed E-state index contributed by atoms with van der Waals surface area (Å²) in [6.07, 6.45) is 6.28. The van der Waals surface area contributed by atoms with E-state index in [1.165, 1.54) is 36.0 Å². The average molecular weight is 480 g/mol. The van der Waals surface area contributed by atoms with Gasteiger partial charge in [0.1, 0.15) is 18.4 Å². The number of hydrogen-bond donors (Lipinski definition) is 2. The second-order valence-electron chi connectivity index (χ2n) is 8.28. The number of rotatable bonds is 5. The van der Waals surface area contributed by atoms with Gasteiger partial charge < -0.3 is 20.0 Å². The Kier molecular flexibility index (Phi) is 11.4. The number of nitrogens with zero attached hydrogens (tertiary/aromatic N) is 3. The highest BCUT2D eigenvalue weighted by molar-refractivity contribution is 5.82. The van der Waals surface area contributed by atoms with E-state index < -0.39 is 0 Å². The number of hydrogen-bond acceptors (Lipinski definition) is 6. The van der Waals surface area contributed by atoms with Gasteiger partial charge in [-0.15, -0.1) is 0 Å². The predicted molar refractivity (Wildman–Crippen MR) is 147 cm³/mol. The van der Waals surface area contributed by atoms with E-state index in [0.29, 0.717) is 11.6 Å². The van der Waals surface area contributed by atoms with Crippen molar-refractivity contribution in [2.75, 3.05) is 43.9 Å². The Balaban J connectivity index is 0.000000220. The lowest BCUT2D eigenvalue weighted by Gasteiger charge is -2.38. The first-order chi connectivity index (χ1) is 17.1. The van der Waals surface area contributed by atoms with Gasteiger partial charge in [0.05, 0.1) is 5.52 Å². The highest BCUT2D eigenvalue weighted by Crippen LogP contribution is 2.31. The second kappa shape index (κ2) is 14.3. The summed E-state index contributed by atoms with van der Waals surface area (Å²) in [4.78, 5) is 33.2. The molecule has 0 aliphatic carbocycles. The standard InChI is InChI=1S/C13H18N4.C11H11NO2.2C2H6/c1-14-13-7-10-9(8-15-13)6-11(16-10)12-4-3-5-17(12)2;13-7-9-1-3-11(4-2-9)12-5-10(6-12)8-14;2*1-2/h6-8,12,16H,3-5H2,1-2H3,(H,14,15);1-4,7-8,10H,5-6H2;2*1-2H3. The van der Waals surface area contributed by atoms with E-state index in [1.807, 2.05) is 53.1 Å². The lowest BCUT2D eigenvalue weighted by Crippen LogP contribution is -2.47. The largest absolute Gasteiger partial charge is 0.373 e. The smallest absolute Gasteiger partial charge is 0.150 e. The normalized spacial score (nSPS) is 17.1. The van der Waals surface area contributed by atoms with Crippen molar-refractivity contribution < 1.29 is 9.59 Å². The van der Waals surface area contributed by atoms with Gasteiger partial charge in [0.2, 0.25) is 0 Å². The molecule has 190 valence electrons. The van der Waals surface area contributed by atoms with Crippen molar-refractivity contribution >= 4 is 35.0 Å². The molecule has 0 saturated carbocycles. The molecule has 2 saturated heterocycles. The van der Waals surface area contributed by atoms with E-state index in [-0.39, 0.29) is 5.92 Å². The number of pyridine rings is 1. The van der Waals surface area contributed by atoms with Crippen LogP contribution in [0, 0.1) is 5.92 Å². The molecule has 2 fully saturated rings. The third-order valence-corrected chi connectivity index (χ3v) is 6.16. The van der Waals surface area contributed by atoms with Crippen LogP contribution in [0.3, 0.4) is 0 Å². The van der Waals surface area contributed by atoms with Crippen molar-refractivity contribution in [3.8, 4) is 0 Å². The van der Waals surface area contributed by atoms with Crippen LogP contribution in [-0.2, 0) is 4.79 Å². The highest BCUT2D eigenvalue weighted by atomic mass is 16.1. The van der Waals surface area contributed by atoms with Crippen LogP contribution in [0.2, 0.25) is 0 Å². The number of anilines is 2. The quantitative estimate of drug-likeness (QED) is 0.467. The summed E-state index contributed by atoms with van der Waals surface area (Å²) in [6, 6.07) is 12.2. The number of benzene rings is 1. The van der Waals surface area contributed by atoms with E-state index in [0.717, 1.165) is 37.2 Å².